The lowest BCUT2D eigenvalue weighted by Gasteiger charge is -2.08. The fraction of sp³-hybridized carbons (Fsp3) is 0.500. The van der Waals surface area contributed by atoms with Gasteiger partial charge in [0, 0.05) is 15.5 Å². The summed E-state index contributed by atoms with van der Waals surface area (Å²) in [6.45, 7) is 5.81. The number of thioether (sulfide) groups is 1. The van der Waals surface area contributed by atoms with Gasteiger partial charge >= 0.3 is 0 Å². The van der Waals surface area contributed by atoms with Gasteiger partial charge in [-0.05, 0) is 37.1 Å². The van der Waals surface area contributed by atoms with Crippen molar-refractivity contribution in [3.63, 3.8) is 0 Å². The van der Waals surface area contributed by atoms with E-state index in [9.17, 15) is 5.11 Å². The van der Waals surface area contributed by atoms with E-state index in [1.807, 2.05) is 18.7 Å². The number of thiophene rings is 1. The minimum absolute atomic E-state index is 0.344. The molecule has 2 heterocycles. The minimum atomic E-state index is -0.344. The van der Waals surface area contributed by atoms with E-state index >= 15 is 0 Å². The van der Waals surface area contributed by atoms with Crippen molar-refractivity contribution in [1.29, 1.82) is 0 Å². The third-order valence-corrected chi connectivity index (χ3v) is 4.86. The Hall–Kier alpha value is -0.250. The van der Waals surface area contributed by atoms with Crippen LogP contribution in [0.4, 0.5) is 0 Å². The van der Waals surface area contributed by atoms with Gasteiger partial charge in [0.1, 0.15) is 0 Å². The molecule has 0 spiro atoms. The molecule has 1 nitrogen and oxygen atoms in total. The fourth-order valence-corrected chi connectivity index (χ4v) is 4.13. The van der Waals surface area contributed by atoms with Gasteiger partial charge in [-0.2, -0.15) is 11.8 Å². The molecule has 1 aliphatic heterocycles. The van der Waals surface area contributed by atoms with Crippen molar-refractivity contribution in [3.8, 4) is 0 Å². The highest BCUT2D eigenvalue weighted by Crippen LogP contribution is 2.35. The summed E-state index contributed by atoms with van der Waals surface area (Å²) < 4.78 is 0. The normalized spacial score (nSPS) is 17.2. The second-order valence-corrected chi connectivity index (χ2v) is 6.35. The topological polar surface area (TPSA) is 20.2 Å². The van der Waals surface area contributed by atoms with E-state index in [4.69, 9.17) is 0 Å². The third-order valence-electron chi connectivity index (χ3n) is 2.52. The molecule has 1 aromatic rings. The van der Waals surface area contributed by atoms with Crippen LogP contribution < -0.4 is 0 Å². The highest BCUT2D eigenvalue weighted by atomic mass is 32.2. The number of hydrogen-bond acceptors (Lipinski definition) is 3. The van der Waals surface area contributed by atoms with Crippen LogP contribution in [0.25, 0.3) is 0 Å². The first-order valence-electron chi connectivity index (χ1n) is 5.18. The fourth-order valence-electron chi connectivity index (χ4n) is 1.77. The van der Waals surface area contributed by atoms with Gasteiger partial charge in [0.15, 0.2) is 0 Å². The Bertz CT molecular complexity index is 344. The van der Waals surface area contributed by atoms with E-state index in [0.717, 1.165) is 16.2 Å². The van der Waals surface area contributed by atoms with E-state index in [-0.39, 0.29) is 6.10 Å². The van der Waals surface area contributed by atoms with Gasteiger partial charge in [-0.1, -0.05) is 5.57 Å². The lowest BCUT2D eigenvalue weighted by molar-refractivity contribution is 0.182. The molecule has 0 saturated heterocycles. The Balaban J connectivity index is 2.15. The van der Waals surface area contributed by atoms with Crippen LogP contribution >= 0.6 is 23.1 Å². The summed E-state index contributed by atoms with van der Waals surface area (Å²) in [5.74, 6) is 2.34. The first-order chi connectivity index (χ1) is 7.16. The quantitative estimate of drug-likeness (QED) is 0.816. The molecule has 0 saturated carbocycles. The lowest BCUT2D eigenvalue weighted by atomic mass is 10.1. The van der Waals surface area contributed by atoms with Crippen LogP contribution in [0, 0.1) is 0 Å². The average molecular weight is 240 g/mol. The van der Waals surface area contributed by atoms with E-state index in [1.165, 1.54) is 22.6 Å². The van der Waals surface area contributed by atoms with Crippen LogP contribution in [0.1, 0.15) is 34.8 Å². The molecule has 3 heteroatoms. The maximum absolute atomic E-state index is 9.98. The van der Waals surface area contributed by atoms with Gasteiger partial charge in [-0.15, -0.1) is 17.9 Å². The van der Waals surface area contributed by atoms with E-state index in [0.29, 0.717) is 6.42 Å². The highest BCUT2D eigenvalue weighted by molar-refractivity contribution is 7.98. The Morgan fingerprint density at radius 1 is 1.67 bits per heavy atom. The summed E-state index contributed by atoms with van der Waals surface area (Å²) in [4.78, 5) is 2.59. The predicted octanol–water partition coefficient (Wildman–Crippen LogP) is 3.54. The van der Waals surface area contributed by atoms with E-state index in [2.05, 4.69) is 12.6 Å². The first-order valence-corrected chi connectivity index (χ1v) is 7.15. The molecule has 2 rings (SSSR count). The van der Waals surface area contributed by atoms with Gasteiger partial charge in [0.2, 0.25) is 0 Å². The molecule has 82 valence electrons. The molecule has 1 N–H and O–H groups in total. The first kappa shape index (κ1) is 11.2. The molecule has 0 radical (unpaired) electrons. The van der Waals surface area contributed by atoms with Gasteiger partial charge in [0.25, 0.3) is 0 Å². The molecule has 0 fully saturated rings. The van der Waals surface area contributed by atoms with Gasteiger partial charge in [-0.3, -0.25) is 0 Å². The Morgan fingerprint density at radius 3 is 3.13 bits per heavy atom. The van der Waals surface area contributed by atoms with Crippen molar-refractivity contribution >= 4 is 23.1 Å². The molecule has 0 bridgehead atoms. The number of aryl methyl sites for hydroxylation is 1. The zero-order valence-electron chi connectivity index (χ0n) is 8.95. The summed E-state index contributed by atoms with van der Waals surface area (Å²) >= 11 is 3.76. The molecular weight excluding hydrogens is 224 g/mol. The van der Waals surface area contributed by atoms with Crippen LogP contribution in [0.3, 0.4) is 0 Å². The van der Waals surface area contributed by atoms with E-state index in [1.54, 1.807) is 11.3 Å². The zero-order chi connectivity index (χ0) is 10.8. The van der Waals surface area contributed by atoms with Crippen LogP contribution in [0.15, 0.2) is 18.2 Å². The standard InChI is InChI=1S/C12H16OS2/c1-8(2)5-10(13)12-6-9-7-14-4-3-11(9)15-12/h6,10,13H,1,3-5,7H2,2H3. The SMILES string of the molecule is C=C(C)CC(O)c1cc2c(s1)CCSC2. The minimum Gasteiger partial charge on any atom is -0.387 e. The Kier molecular flexibility index (Phi) is 3.54. The molecule has 1 aromatic heterocycles. The molecule has 15 heavy (non-hydrogen) atoms. The molecule has 1 aliphatic rings. The average Bonchev–Trinajstić information content (AvgIpc) is 2.59. The summed E-state index contributed by atoms with van der Waals surface area (Å²) in [7, 11) is 0. The maximum Gasteiger partial charge on any atom is 0.0918 e. The number of hydrogen-bond donors (Lipinski definition) is 1. The largest absolute Gasteiger partial charge is 0.387 e. The smallest absolute Gasteiger partial charge is 0.0918 e. The number of fused-ring (bicyclic) bond motifs is 1. The van der Waals surface area contributed by atoms with Crippen LogP contribution in [-0.2, 0) is 12.2 Å². The summed E-state index contributed by atoms with van der Waals surface area (Å²) in [6.07, 6.45) is 1.51. The van der Waals surface area contributed by atoms with Gasteiger partial charge in [0.05, 0.1) is 6.10 Å². The Labute approximate surface area is 99.2 Å². The van der Waals surface area contributed by atoms with Crippen molar-refractivity contribution in [2.75, 3.05) is 5.75 Å². The van der Waals surface area contributed by atoms with Crippen LogP contribution in [0.2, 0.25) is 0 Å². The second-order valence-electron chi connectivity index (χ2n) is 4.08. The molecular formula is C12H16OS2. The van der Waals surface area contributed by atoms with E-state index < -0.39 is 0 Å². The number of rotatable bonds is 3. The molecule has 0 aromatic carbocycles. The van der Waals surface area contributed by atoms with Crippen molar-refractivity contribution in [2.45, 2.75) is 31.6 Å². The maximum atomic E-state index is 9.98. The third kappa shape index (κ3) is 2.65. The van der Waals surface area contributed by atoms with Gasteiger partial charge < -0.3 is 5.11 Å². The molecule has 0 amide bonds. The van der Waals surface area contributed by atoms with Crippen molar-refractivity contribution in [1.82, 2.24) is 0 Å². The van der Waals surface area contributed by atoms with Crippen molar-refractivity contribution < 1.29 is 5.11 Å². The summed E-state index contributed by atoms with van der Waals surface area (Å²) in [6, 6.07) is 2.18. The van der Waals surface area contributed by atoms with Gasteiger partial charge in [-0.25, -0.2) is 0 Å². The van der Waals surface area contributed by atoms with Crippen LogP contribution in [0.5, 0.6) is 0 Å². The highest BCUT2D eigenvalue weighted by Gasteiger charge is 2.17. The molecule has 0 aliphatic carbocycles. The number of aliphatic hydroxyl groups excluding tert-OH is 1. The number of aliphatic hydroxyl groups is 1. The summed E-state index contributed by atoms with van der Waals surface area (Å²) in [5, 5.41) is 9.98. The monoisotopic (exact) mass is 240 g/mol. The Morgan fingerprint density at radius 2 is 2.47 bits per heavy atom. The second kappa shape index (κ2) is 4.73. The zero-order valence-corrected chi connectivity index (χ0v) is 10.6. The molecule has 1 unspecified atom stereocenters. The summed E-state index contributed by atoms with van der Waals surface area (Å²) in [5.41, 5.74) is 2.48. The van der Waals surface area contributed by atoms with Crippen LogP contribution in [-0.4, -0.2) is 10.9 Å². The lowest BCUT2D eigenvalue weighted by Crippen LogP contribution is -1.96. The van der Waals surface area contributed by atoms with Crippen molar-refractivity contribution in [3.05, 3.63) is 33.5 Å². The molecule has 1 atom stereocenters. The van der Waals surface area contributed by atoms with Crippen molar-refractivity contribution in [2.24, 2.45) is 0 Å². The predicted molar refractivity (Wildman–Crippen MR) is 68.6 cm³/mol.